The number of nitrogens with zero attached hydrogens (tertiary/aromatic N) is 1. The average Bonchev–Trinajstić information content (AvgIpc) is 2.44. The second-order valence-electron chi connectivity index (χ2n) is 4.48. The number of rotatable bonds is 5. The molecule has 1 atom stereocenters. The smallest absolute Gasteiger partial charge is 0.246 e. The summed E-state index contributed by atoms with van der Waals surface area (Å²) in [5, 5.41) is 0. The summed E-state index contributed by atoms with van der Waals surface area (Å²) in [6.07, 6.45) is 1.89. The van der Waals surface area contributed by atoms with Gasteiger partial charge < -0.3 is 5.73 Å². The molecule has 1 unspecified atom stereocenters. The molecule has 0 saturated carbocycles. The molecule has 116 valence electrons. The van der Waals surface area contributed by atoms with Gasteiger partial charge in [-0.25, -0.2) is 12.8 Å². The third-order valence-corrected chi connectivity index (χ3v) is 5.77. The van der Waals surface area contributed by atoms with Crippen LogP contribution in [0, 0.1) is 17.7 Å². The Kier molecular flexibility index (Phi) is 6.68. The Hall–Kier alpha value is -1.07. The van der Waals surface area contributed by atoms with Gasteiger partial charge in [-0.2, -0.15) is 16.1 Å². The van der Waals surface area contributed by atoms with Gasteiger partial charge in [0, 0.05) is 24.4 Å². The topological polar surface area (TPSA) is 63.4 Å². The van der Waals surface area contributed by atoms with E-state index in [1.807, 2.05) is 6.26 Å². The number of hydrogen-bond acceptors (Lipinski definition) is 4. The number of thioether (sulfide) groups is 1. The van der Waals surface area contributed by atoms with Crippen LogP contribution in [0.3, 0.4) is 0 Å². The standard InChI is InChI=1S/C14H19FN2O2S2/c1-11(10-20-3)17(2)21(18,19)14-7-6-12(5-4-8-16)9-13(14)15/h6-7,9,11H,8,10,16H2,1-3H3. The Morgan fingerprint density at radius 1 is 1.48 bits per heavy atom. The molecule has 0 spiro atoms. The molecule has 2 N–H and O–H groups in total. The Morgan fingerprint density at radius 3 is 2.67 bits per heavy atom. The highest BCUT2D eigenvalue weighted by Crippen LogP contribution is 2.21. The highest BCUT2D eigenvalue weighted by Gasteiger charge is 2.27. The van der Waals surface area contributed by atoms with Crippen molar-refractivity contribution in [3.63, 3.8) is 0 Å². The minimum absolute atomic E-state index is 0.163. The van der Waals surface area contributed by atoms with Crippen LogP contribution in [0.1, 0.15) is 12.5 Å². The number of sulfonamides is 1. The van der Waals surface area contributed by atoms with E-state index in [9.17, 15) is 12.8 Å². The Bertz CT molecular complexity index is 651. The second-order valence-corrected chi connectivity index (χ2v) is 7.35. The fraction of sp³-hybridized carbons (Fsp3) is 0.429. The van der Waals surface area contributed by atoms with Crippen LogP contribution in [0.5, 0.6) is 0 Å². The zero-order chi connectivity index (χ0) is 16.0. The molecule has 0 aliphatic carbocycles. The molecule has 0 aliphatic rings. The number of hydrogen-bond donors (Lipinski definition) is 1. The van der Waals surface area contributed by atoms with Gasteiger partial charge in [-0.15, -0.1) is 0 Å². The van der Waals surface area contributed by atoms with Crippen molar-refractivity contribution in [3.05, 3.63) is 29.6 Å². The summed E-state index contributed by atoms with van der Waals surface area (Å²) in [6, 6.07) is 3.61. The zero-order valence-electron chi connectivity index (χ0n) is 12.3. The van der Waals surface area contributed by atoms with Gasteiger partial charge in [0.25, 0.3) is 0 Å². The summed E-state index contributed by atoms with van der Waals surface area (Å²) >= 11 is 1.54. The normalized spacial score (nSPS) is 12.9. The summed E-state index contributed by atoms with van der Waals surface area (Å²) in [4.78, 5) is -0.337. The maximum absolute atomic E-state index is 14.1. The van der Waals surface area contributed by atoms with E-state index in [-0.39, 0.29) is 17.5 Å². The van der Waals surface area contributed by atoms with Crippen LogP contribution in [-0.2, 0) is 10.0 Å². The molecule has 1 aromatic carbocycles. The Labute approximate surface area is 129 Å². The van der Waals surface area contributed by atoms with Crippen molar-refractivity contribution in [2.24, 2.45) is 5.73 Å². The fourth-order valence-corrected chi connectivity index (χ4v) is 3.88. The third kappa shape index (κ3) is 4.45. The van der Waals surface area contributed by atoms with Gasteiger partial charge in [0.15, 0.2) is 0 Å². The van der Waals surface area contributed by atoms with E-state index < -0.39 is 15.8 Å². The van der Waals surface area contributed by atoms with Gasteiger partial charge in [-0.05, 0) is 31.4 Å². The molecule has 0 aliphatic heterocycles. The minimum Gasteiger partial charge on any atom is -0.320 e. The maximum Gasteiger partial charge on any atom is 0.246 e. The Morgan fingerprint density at radius 2 is 2.14 bits per heavy atom. The molecule has 1 rings (SSSR count). The van der Waals surface area contributed by atoms with E-state index in [2.05, 4.69) is 11.8 Å². The third-order valence-electron chi connectivity index (χ3n) is 2.95. The van der Waals surface area contributed by atoms with E-state index in [1.165, 1.54) is 35.2 Å². The van der Waals surface area contributed by atoms with Crippen molar-refractivity contribution in [2.75, 3.05) is 25.6 Å². The van der Waals surface area contributed by atoms with Gasteiger partial charge in [0.2, 0.25) is 10.0 Å². The van der Waals surface area contributed by atoms with Crippen molar-refractivity contribution in [3.8, 4) is 11.8 Å². The van der Waals surface area contributed by atoms with E-state index >= 15 is 0 Å². The molecular weight excluding hydrogens is 311 g/mol. The van der Waals surface area contributed by atoms with Crippen LogP contribution in [0.15, 0.2) is 23.1 Å². The molecular formula is C14H19FN2O2S2. The van der Waals surface area contributed by atoms with Crippen molar-refractivity contribution < 1.29 is 12.8 Å². The molecule has 0 fully saturated rings. The summed E-state index contributed by atoms with van der Waals surface area (Å²) in [5.41, 5.74) is 5.64. The summed E-state index contributed by atoms with van der Waals surface area (Å²) in [5.74, 6) is 5.10. The predicted octanol–water partition coefficient (Wildman–Crippen LogP) is 1.51. The molecule has 0 radical (unpaired) electrons. The van der Waals surface area contributed by atoms with Crippen molar-refractivity contribution >= 4 is 21.8 Å². The van der Waals surface area contributed by atoms with Crippen molar-refractivity contribution in [1.82, 2.24) is 4.31 Å². The highest BCUT2D eigenvalue weighted by atomic mass is 32.2. The van der Waals surface area contributed by atoms with Crippen molar-refractivity contribution in [1.29, 1.82) is 0 Å². The molecule has 0 saturated heterocycles. The average molecular weight is 330 g/mol. The van der Waals surface area contributed by atoms with Gasteiger partial charge in [0.1, 0.15) is 10.7 Å². The first kappa shape index (κ1) is 18.0. The molecule has 0 aromatic heterocycles. The van der Waals surface area contributed by atoms with Crippen LogP contribution < -0.4 is 5.73 Å². The largest absolute Gasteiger partial charge is 0.320 e. The van der Waals surface area contributed by atoms with E-state index in [4.69, 9.17) is 5.73 Å². The number of nitrogens with two attached hydrogens (primary N) is 1. The lowest BCUT2D eigenvalue weighted by Crippen LogP contribution is -2.37. The van der Waals surface area contributed by atoms with Crippen LogP contribution in [0.4, 0.5) is 4.39 Å². The van der Waals surface area contributed by atoms with Gasteiger partial charge >= 0.3 is 0 Å². The van der Waals surface area contributed by atoms with Crippen LogP contribution in [0.2, 0.25) is 0 Å². The molecule has 21 heavy (non-hydrogen) atoms. The minimum atomic E-state index is -3.86. The first-order chi connectivity index (χ1) is 9.84. The van der Waals surface area contributed by atoms with Gasteiger partial charge in [-0.1, -0.05) is 11.8 Å². The second kappa shape index (κ2) is 7.80. The molecule has 0 heterocycles. The SMILES string of the molecule is CSCC(C)N(C)S(=O)(=O)c1ccc(C#CCN)cc1F. The summed E-state index contributed by atoms with van der Waals surface area (Å²) in [7, 11) is -2.40. The van der Waals surface area contributed by atoms with Crippen molar-refractivity contribution in [2.45, 2.75) is 17.9 Å². The van der Waals surface area contributed by atoms with E-state index in [0.717, 1.165) is 6.07 Å². The molecule has 4 nitrogen and oxygen atoms in total. The summed E-state index contributed by atoms with van der Waals surface area (Å²) in [6.45, 7) is 1.95. The highest BCUT2D eigenvalue weighted by molar-refractivity contribution is 7.98. The Balaban J connectivity index is 3.15. The van der Waals surface area contributed by atoms with E-state index in [0.29, 0.717) is 11.3 Å². The zero-order valence-corrected chi connectivity index (χ0v) is 13.9. The lowest BCUT2D eigenvalue weighted by molar-refractivity contribution is 0.411. The van der Waals surface area contributed by atoms with Crippen LogP contribution >= 0.6 is 11.8 Å². The van der Waals surface area contributed by atoms with E-state index in [1.54, 1.807) is 6.92 Å². The van der Waals surface area contributed by atoms with Crippen LogP contribution in [-0.4, -0.2) is 44.4 Å². The molecule has 7 heteroatoms. The molecule has 0 bridgehead atoms. The fourth-order valence-electron chi connectivity index (χ4n) is 1.68. The lowest BCUT2D eigenvalue weighted by Gasteiger charge is -2.23. The molecule has 0 amide bonds. The first-order valence-corrected chi connectivity index (χ1v) is 9.13. The predicted molar refractivity (Wildman–Crippen MR) is 85.1 cm³/mol. The van der Waals surface area contributed by atoms with Gasteiger partial charge in [0.05, 0.1) is 6.54 Å². The monoisotopic (exact) mass is 330 g/mol. The quantitative estimate of drug-likeness (QED) is 0.831. The maximum atomic E-state index is 14.1. The van der Waals surface area contributed by atoms with Crippen LogP contribution in [0.25, 0.3) is 0 Å². The number of halogens is 1. The first-order valence-electron chi connectivity index (χ1n) is 6.30. The van der Waals surface area contributed by atoms with Gasteiger partial charge in [-0.3, -0.25) is 0 Å². The molecule has 1 aromatic rings. The summed E-state index contributed by atoms with van der Waals surface area (Å²) < 4.78 is 40.1. The number of benzene rings is 1. The lowest BCUT2D eigenvalue weighted by atomic mass is 10.2.